The lowest BCUT2D eigenvalue weighted by molar-refractivity contribution is 0.0599. The zero-order chi connectivity index (χ0) is 12.1. The van der Waals surface area contributed by atoms with Crippen LogP contribution < -0.4 is 5.32 Å². The summed E-state index contributed by atoms with van der Waals surface area (Å²) in [7, 11) is 1.37. The van der Waals surface area contributed by atoms with Crippen LogP contribution in [-0.2, 0) is 4.74 Å². The van der Waals surface area contributed by atoms with Crippen molar-refractivity contribution in [3.63, 3.8) is 0 Å². The molecule has 1 atom stereocenters. The summed E-state index contributed by atoms with van der Waals surface area (Å²) >= 11 is 0. The molecule has 0 saturated heterocycles. The van der Waals surface area contributed by atoms with Gasteiger partial charge in [0.2, 0.25) is 0 Å². The van der Waals surface area contributed by atoms with E-state index in [0.717, 1.165) is 12.2 Å². The Morgan fingerprint density at radius 1 is 1.56 bits per heavy atom. The molecule has 1 aromatic heterocycles. The molecular weight excluding hydrogens is 204 g/mol. The molecule has 0 spiro atoms. The second kappa shape index (κ2) is 5.49. The number of aryl methyl sites for hydroxylation is 1. The average Bonchev–Trinajstić information content (AvgIpc) is 2.28. The Labute approximate surface area is 96.0 Å². The largest absolute Gasteiger partial charge is 0.465 e. The first-order chi connectivity index (χ1) is 7.58. The van der Waals surface area contributed by atoms with Gasteiger partial charge in [-0.15, -0.1) is 0 Å². The number of nitrogens with zero attached hydrogens (tertiary/aromatic N) is 1. The summed E-state index contributed by atoms with van der Waals surface area (Å²) in [4.78, 5) is 15.7. The first-order valence-electron chi connectivity index (χ1n) is 5.41. The molecule has 0 fully saturated rings. The highest BCUT2D eigenvalue weighted by molar-refractivity contribution is 5.90. The van der Waals surface area contributed by atoms with Gasteiger partial charge in [-0.2, -0.15) is 0 Å². The zero-order valence-corrected chi connectivity index (χ0v) is 10.2. The first kappa shape index (κ1) is 12.5. The molecule has 0 aliphatic heterocycles. The number of aromatic nitrogens is 1. The third kappa shape index (κ3) is 2.95. The van der Waals surface area contributed by atoms with E-state index in [1.807, 2.05) is 0 Å². The van der Waals surface area contributed by atoms with E-state index in [1.165, 1.54) is 7.11 Å². The minimum atomic E-state index is -0.347. The van der Waals surface area contributed by atoms with Crippen LogP contribution in [0.1, 0.15) is 36.3 Å². The molecule has 16 heavy (non-hydrogen) atoms. The topological polar surface area (TPSA) is 51.2 Å². The van der Waals surface area contributed by atoms with E-state index >= 15 is 0 Å². The molecule has 1 unspecified atom stereocenters. The van der Waals surface area contributed by atoms with E-state index in [-0.39, 0.29) is 5.97 Å². The lowest BCUT2D eigenvalue weighted by Crippen LogP contribution is -2.15. The first-order valence-corrected chi connectivity index (χ1v) is 5.41. The van der Waals surface area contributed by atoms with Gasteiger partial charge < -0.3 is 10.1 Å². The number of pyridine rings is 1. The fourth-order valence-electron chi connectivity index (χ4n) is 1.32. The lowest BCUT2D eigenvalue weighted by Gasteiger charge is -2.13. The molecule has 0 aliphatic rings. The SMILES string of the molecule is CCC(C)Nc1ccc(C(=O)OC)c(C)n1. The van der Waals surface area contributed by atoms with Crippen molar-refractivity contribution in [2.24, 2.45) is 0 Å². The fourth-order valence-corrected chi connectivity index (χ4v) is 1.32. The summed E-state index contributed by atoms with van der Waals surface area (Å²) in [5, 5.41) is 3.25. The Kier molecular flexibility index (Phi) is 4.28. The minimum Gasteiger partial charge on any atom is -0.465 e. The number of carbonyl (C=O) groups is 1. The molecule has 1 heterocycles. The predicted molar refractivity (Wildman–Crippen MR) is 63.7 cm³/mol. The van der Waals surface area contributed by atoms with E-state index in [1.54, 1.807) is 19.1 Å². The van der Waals surface area contributed by atoms with E-state index in [4.69, 9.17) is 0 Å². The summed E-state index contributed by atoms with van der Waals surface area (Å²) in [5.74, 6) is 0.444. The molecule has 0 bridgehead atoms. The summed E-state index contributed by atoms with van der Waals surface area (Å²) in [5.41, 5.74) is 1.19. The van der Waals surface area contributed by atoms with Crippen molar-refractivity contribution in [2.75, 3.05) is 12.4 Å². The Balaban J connectivity index is 2.86. The Morgan fingerprint density at radius 3 is 2.75 bits per heavy atom. The van der Waals surface area contributed by atoms with Gasteiger partial charge in [-0.05, 0) is 32.4 Å². The smallest absolute Gasteiger partial charge is 0.339 e. The van der Waals surface area contributed by atoms with Crippen LogP contribution in [0.3, 0.4) is 0 Å². The van der Waals surface area contributed by atoms with Gasteiger partial charge in [0.1, 0.15) is 5.82 Å². The van der Waals surface area contributed by atoms with Crippen LogP contribution in [-0.4, -0.2) is 24.1 Å². The van der Waals surface area contributed by atoms with Gasteiger partial charge in [0.15, 0.2) is 0 Å². The van der Waals surface area contributed by atoms with Crippen molar-refractivity contribution in [3.05, 3.63) is 23.4 Å². The monoisotopic (exact) mass is 222 g/mol. The number of methoxy groups -OCH3 is 1. The van der Waals surface area contributed by atoms with Gasteiger partial charge >= 0.3 is 5.97 Å². The molecule has 88 valence electrons. The van der Waals surface area contributed by atoms with E-state index in [9.17, 15) is 4.79 Å². The van der Waals surface area contributed by atoms with Gasteiger partial charge in [-0.25, -0.2) is 9.78 Å². The molecule has 4 nitrogen and oxygen atoms in total. The van der Waals surface area contributed by atoms with Gasteiger partial charge in [0, 0.05) is 6.04 Å². The number of nitrogens with one attached hydrogen (secondary N) is 1. The van der Waals surface area contributed by atoms with E-state index < -0.39 is 0 Å². The van der Waals surface area contributed by atoms with Crippen LogP contribution in [0.2, 0.25) is 0 Å². The van der Waals surface area contributed by atoms with Crippen molar-refractivity contribution in [3.8, 4) is 0 Å². The molecule has 0 amide bonds. The maximum Gasteiger partial charge on any atom is 0.339 e. The number of ether oxygens (including phenoxy) is 1. The quantitative estimate of drug-likeness (QED) is 0.795. The number of esters is 1. The molecule has 1 N–H and O–H groups in total. The molecule has 1 aromatic rings. The molecule has 0 aliphatic carbocycles. The van der Waals surface area contributed by atoms with Crippen LogP contribution in [0.25, 0.3) is 0 Å². The second-order valence-corrected chi connectivity index (χ2v) is 3.77. The number of anilines is 1. The van der Waals surface area contributed by atoms with Gasteiger partial charge in [-0.3, -0.25) is 0 Å². The van der Waals surface area contributed by atoms with E-state index in [0.29, 0.717) is 17.3 Å². The minimum absolute atomic E-state index is 0.347. The Hall–Kier alpha value is -1.58. The number of rotatable bonds is 4. The summed E-state index contributed by atoms with van der Waals surface area (Å²) in [6.07, 6.45) is 1.03. The Morgan fingerprint density at radius 2 is 2.25 bits per heavy atom. The molecule has 0 aromatic carbocycles. The summed E-state index contributed by atoms with van der Waals surface area (Å²) < 4.78 is 4.66. The van der Waals surface area contributed by atoms with Gasteiger partial charge in [0.25, 0.3) is 0 Å². The lowest BCUT2D eigenvalue weighted by atomic mass is 10.2. The van der Waals surface area contributed by atoms with Crippen LogP contribution in [0.15, 0.2) is 12.1 Å². The molecular formula is C12H18N2O2. The Bertz CT molecular complexity index is 377. The summed E-state index contributed by atoms with van der Waals surface area (Å²) in [6.45, 7) is 5.99. The van der Waals surface area contributed by atoms with Crippen LogP contribution in [0.4, 0.5) is 5.82 Å². The van der Waals surface area contributed by atoms with E-state index in [2.05, 4.69) is 28.9 Å². The molecule has 4 heteroatoms. The molecule has 1 rings (SSSR count). The normalized spacial score (nSPS) is 12.0. The number of hydrogen-bond acceptors (Lipinski definition) is 4. The van der Waals surface area contributed by atoms with Crippen LogP contribution in [0, 0.1) is 6.92 Å². The van der Waals surface area contributed by atoms with Gasteiger partial charge in [-0.1, -0.05) is 6.92 Å². The molecule has 0 radical (unpaired) electrons. The predicted octanol–water partition coefficient (Wildman–Crippen LogP) is 2.39. The van der Waals surface area contributed by atoms with Crippen molar-refractivity contribution in [2.45, 2.75) is 33.2 Å². The fraction of sp³-hybridized carbons (Fsp3) is 0.500. The number of hydrogen-bond donors (Lipinski definition) is 1. The number of carbonyl (C=O) groups excluding carboxylic acids is 1. The summed E-state index contributed by atoms with van der Waals surface area (Å²) in [6, 6.07) is 3.90. The second-order valence-electron chi connectivity index (χ2n) is 3.77. The van der Waals surface area contributed by atoms with Crippen molar-refractivity contribution >= 4 is 11.8 Å². The maximum absolute atomic E-state index is 11.3. The van der Waals surface area contributed by atoms with Crippen molar-refractivity contribution in [1.29, 1.82) is 0 Å². The standard InChI is InChI=1S/C12H18N2O2/c1-5-8(2)13-11-7-6-10(9(3)14-11)12(15)16-4/h6-8H,5H2,1-4H3,(H,13,14). The van der Waals surface area contributed by atoms with Crippen molar-refractivity contribution < 1.29 is 9.53 Å². The zero-order valence-electron chi connectivity index (χ0n) is 10.2. The highest BCUT2D eigenvalue weighted by Gasteiger charge is 2.10. The third-order valence-corrected chi connectivity index (χ3v) is 2.50. The third-order valence-electron chi connectivity index (χ3n) is 2.50. The maximum atomic E-state index is 11.3. The molecule has 0 saturated carbocycles. The average molecular weight is 222 g/mol. The van der Waals surface area contributed by atoms with Gasteiger partial charge in [0.05, 0.1) is 18.4 Å². The highest BCUT2D eigenvalue weighted by Crippen LogP contribution is 2.12. The van der Waals surface area contributed by atoms with Crippen LogP contribution in [0.5, 0.6) is 0 Å². The van der Waals surface area contributed by atoms with Crippen LogP contribution >= 0.6 is 0 Å². The highest BCUT2D eigenvalue weighted by atomic mass is 16.5. The van der Waals surface area contributed by atoms with Crippen molar-refractivity contribution in [1.82, 2.24) is 4.98 Å².